The van der Waals surface area contributed by atoms with E-state index in [1.165, 1.54) is 38.7 Å². The van der Waals surface area contributed by atoms with E-state index in [9.17, 15) is 14.4 Å². The summed E-state index contributed by atoms with van der Waals surface area (Å²) >= 11 is 1.17. The number of rotatable bonds is 8. The molecule has 0 aliphatic carbocycles. The zero-order valence-corrected chi connectivity index (χ0v) is 16.3. The molecule has 28 heavy (non-hydrogen) atoms. The smallest absolute Gasteiger partial charge is 0.350 e. The third kappa shape index (κ3) is 5.58. The number of thiophene rings is 1. The van der Waals surface area contributed by atoms with Gasteiger partial charge in [-0.25, -0.2) is 9.59 Å². The van der Waals surface area contributed by atoms with Crippen molar-refractivity contribution < 1.29 is 33.3 Å². The van der Waals surface area contributed by atoms with Crippen molar-refractivity contribution in [3.63, 3.8) is 0 Å². The highest BCUT2D eigenvalue weighted by atomic mass is 32.1. The van der Waals surface area contributed by atoms with Crippen LogP contribution >= 0.6 is 11.3 Å². The van der Waals surface area contributed by atoms with E-state index < -0.39 is 17.8 Å². The molecule has 0 atom stereocenters. The molecule has 0 aliphatic rings. The first-order valence-electron chi connectivity index (χ1n) is 8.01. The molecule has 2 aromatic rings. The van der Waals surface area contributed by atoms with E-state index in [1.807, 2.05) is 0 Å². The summed E-state index contributed by atoms with van der Waals surface area (Å²) in [4.78, 5) is 35.2. The van der Waals surface area contributed by atoms with Gasteiger partial charge in [0.1, 0.15) is 4.88 Å². The van der Waals surface area contributed by atoms with Crippen molar-refractivity contribution in [3.8, 4) is 11.5 Å². The van der Waals surface area contributed by atoms with E-state index in [-0.39, 0.29) is 6.61 Å². The quantitative estimate of drug-likeness (QED) is 0.532. The summed E-state index contributed by atoms with van der Waals surface area (Å²) in [6.45, 7) is -0.288. The molecule has 1 N–H and O–H groups in total. The van der Waals surface area contributed by atoms with Crippen molar-refractivity contribution in [2.75, 3.05) is 33.3 Å². The van der Waals surface area contributed by atoms with Crippen molar-refractivity contribution >= 4 is 40.9 Å². The average molecular weight is 405 g/mol. The molecular weight excluding hydrogens is 386 g/mol. The predicted octanol–water partition coefficient (Wildman–Crippen LogP) is 2.75. The van der Waals surface area contributed by atoms with Crippen LogP contribution in [0.1, 0.15) is 15.2 Å². The lowest BCUT2D eigenvalue weighted by molar-refractivity contribution is -0.134. The fourth-order valence-corrected chi connectivity index (χ4v) is 2.89. The van der Waals surface area contributed by atoms with Gasteiger partial charge in [-0.1, -0.05) is 6.07 Å². The van der Waals surface area contributed by atoms with Crippen molar-refractivity contribution in [2.45, 2.75) is 0 Å². The van der Waals surface area contributed by atoms with E-state index in [2.05, 4.69) is 14.8 Å². The number of benzene rings is 1. The van der Waals surface area contributed by atoms with Crippen LogP contribution in [0, 0.1) is 0 Å². The molecular formula is C19H19NO7S. The Kier molecular flexibility index (Phi) is 7.58. The number of methoxy groups -OCH3 is 3. The Hall–Kier alpha value is -3.33. The van der Waals surface area contributed by atoms with Gasteiger partial charge in [-0.15, -0.1) is 11.3 Å². The van der Waals surface area contributed by atoms with Gasteiger partial charge in [0.25, 0.3) is 5.91 Å². The van der Waals surface area contributed by atoms with Gasteiger partial charge in [-0.05, 0) is 35.2 Å². The lowest BCUT2D eigenvalue weighted by Crippen LogP contribution is -2.21. The molecule has 0 aliphatic heterocycles. The molecule has 1 aromatic heterocycles. The number of esters is 2. The van der Waals surface area contributed by atoms with Crippen LogP contribution in [0.4, 0.5) is 5.69 Å². The normalized spacial score (nSPS) is 10.4. The maximum atomic E-state index is 12.1. The Labute approximate surface area is 165 Å². The third-order valence-corrected chi connectivity index (χ3v) is 4.36. The molecule has 1 heterocycles. The van der Waals surface area contributed by atoms with Crippen LogP contribution in [0.5, 0.6) is 11.5 Å². The van der Waals surface area contributed by atoms with Crippen LogP contribution in [0.15, 0.2) is 35.7 Å². The highest BCUT2D eigenvalue weighted by molar-refractivity contribution is 7.12. The minimum absolute atomic E-state index is 0.288. The molecule has 0 saturated heterocycles. The van der Waals surface area contributed by atoms with Gasteiger partial charge in [0.15, 0.2) is 18.1 Å². The monoisotopic (exact) mass is 405 g/mol. The molecule has 8 nitrogen and oxygen atoms in total. The summed E-state index contributed by atoms with van der Waals surface area (Å²) in [6.07, 6.45) is 2.85. The summed E-state index contributed by atoms with van der Waals surface area (Å²) < 4.78 is 20.0. The number of anilines is 1. The first-order chi connectivity index (χ1) is 13.5. The van der Waals surface area contributed by atoms with Gasteiger partial charge in [0.05, 0.1) is 27.0 Å². The lowest BCUT2D eigenvalue weighted by atomic mass is 10.2. The van der Waals surface area contributed by atoms with E-state index in [4.69, 9.17) is 9.47 Å². The van der Waals surface area contributed by atoms with Crippen LogP contribution in [-0.4, -0.2) is 45.8 Å². The van der Waals surface area contributed by atoms with Gasteiger partial charge < -0.3 is 24.3 Å². The number of amides is 1. The summed E-state index contributed by atoms with van der Waals surface area (Å²) in [7, 11) is 4.02. The fourth-order valence-electron chi connectivity index (χ4n) is 2.13. The molecule has 0 unspecified atom stereocenters. The Morgan fingerprint density at radius 3 is 2.54 bits per heavy atom. The van der Waals surface area contributed by atoms with Crippen LogP contribution in [0.25, 0.3) is 6.08 Å². The van der Waals surface area contributed by atoms with Gasteiger partial charge in [-0.2, -0.15) is 0 Å². The largest absolute Gasteiger partial charge is 0.493 e. The number of nitrogens with one attached hydrogen (secondary N) is 1. The van der Waals surface area contributed by atoms with E-state index >= 15 is 0 Å². The average Bonchev–Trinajstić information content (AvgIpc) is 3.17. The molecule has 0 saturated carbocycles. The molecule has 0 spiro atoms. The number of hydrogen-bond donors (Lipinski definition) is 1. The zero-order chi connectivity index (χ0) is 20.5. The molecule has 9 heteroatoms. The van der Waals surface area contributed by atoms with E-state index in [0.29, 0.717) is 27.6 Å². The first-order valence-corrected chi connectivity index (χ1v) is 8.89. The van der Waals surface area contributed by atoms with Crippen molar-refractivity contribution in [2.24, 2.45) is 0 Å². The molecule has 0 fully saturated rings. The lowest BCUT2D eigenvalue weighted by Gasteiger charge is -2.11. The maximum Gasteiger partial charge on any atom is 0.350 e. The molecule has 1 aromatic carbocycles. The molecule has 0 bridgehead atoms. The van der Waals surface area contributed by atoms with Crippen LogP contribution in [0.2, 0.25) is 0 Å². The Bertz CT molecular complexity index is 888. The molecule has 1 amide bonds. The SMILES string of the molecule is COC(=O)/C=C/c1ccc(OCC(=O)Nc2ccsc2C(=O)OC)c(OC)c1. The first kappa shape index (κ1) is 21.0. The highest BCUT2D eigenvalue weighted by Gasteiger charge is 2.16. The minimum atomic E-state index is -0.525. The fraction of sp³-hybridized carbons (Fsp3) is 0.211. The van der Waals surface area contributed by atoms with Crippen molar-refractivity contribution in [3.05, 3.63) is 46.2 Å². The Balaban J connectivity index is 2.01. The summed E-state index contributed by atoms with van der Waals surface area (Å²) in [5.41, 5.74) is 1.06. The second-order valence-corrected chi connectivity index (χ2v) is 6.17. The van der Waals surface area contributed by atoms with Crippen LogP contribution in [0.3, 0.4) is 0 Å². The topological polar surface area (TPSA) is 100 Å². The van der Waals surface area contributed by atoms with E-state index in [1.54, 1.807) is 35.7 Å². The maximum absolute atomic E-state index is 12.1. The van der Waals surface area contributed by atoms with Crippen LogP contribution < -0.4 is 14.8 Å². The number of hydrogen-bond acceptors (Lipinski definition) is 8. The van der Waals surface area contributed by atoms with Gasteiger partial charge in [0, 0.05) is 6.08 Å². The summed E-state index contributed by atoms with van der Waals surface area (Å²) in [5.74, 6) is -0.698. The second kappa shape index (κ2) is 10.1. The highest BCUT2D eigenvalue weighted by Crippen LogP contribution is 2.29. The van der Waals surface area contributed by atoms with E-state index in [0.717, 1.165) is 0 Å². The number of ether oxygens (including phenoxy) is 4. The molecule has 0 radical (unpaired) electrons. The Morgan fingerprint density at radius 2 is 1.86 bits per heavy atom. The third-order valence-electron chi connectivity index (χ3n) is 3.47. The van der Waals surface area contributed by atoms with Gasteiger partial charge in [-0.3, -0.25) is 4.79 Å². The summed E-state index contributed by atoms with van der Waals surface area (Å²) in [5, 5.41) is 4.28. The minimum Gasteiger partial charge on any atom is -0.493 e. The standard InChI is InChI=1S/C19H19NO7S/c1-24-15-10-12(5-7-17(22)25-2)4-6-14(15)27-11-16(21)20-13-8-9-28-18(13)19(23)26-3/h4-10H,11H2,1-3H3,(H,20,21)/b7-5+. The number of carbonyl (C=O) groups excluding carboxylic acids is 3. The van der Waals surface area contributed by atoms with Gasteiger partial charge >= 0.3 is 11.9 Å². The summed E-state index contributed by atoms with van der Waals surface area (Å²) in [6, 6.07) is 6.58. The van der Waals surface area contributed by atoms with Crippen LogP contribution in [-0.2, 0) is 19.1 Å². The molecule has 148 valence electrons. The zero-order valence-electron chi connectivity index (χ0n) is 15.5. The van der Waals surface area contributed by atoms with Crippen molar-refractivity contribution in [1.82, 2.24) is 0 Å². The van der Waals surface area contributed by atoms with Gasteiger partial charge in [0.2, 0.25) is 0 Å². The number of carbonyl (C=O) groups is 3. The predicted molar refractivity (Wildman–Crippen MR) is 104 cm³/mol. The second-order valence-electron chi connectivity index (χ2n) is 5.26. The Morgan fingerprint density at radius 1 is 1.07 bits per heavy atom. The van der Waals surface area contributed by atoms with Crippen molar-refractivity contribution in [1.29, 1.82) is 0 Å². The molecule has 2 rings (SSSR count).